The number of allylic oxidation sites excluding steroid dienone is 2. The van der Waals surface area contributed by atoms with Gasteiger partial charge in [0.2, 0.25) is 5.91 Å². The molecule has 0 saturated heterocycles. The van der Waals surface area contributed by atoms with Crippen LogP contribution >= 0.6 is 0 Å². The van der Waals surface area contributed by atoms with E-state index in [1.165, 1.54) is 270 Å². The molecule has 0 saturated carbocycles. The first-order chi connectivity index (χ1) is 31.6. The summed E-state index contributed by atoms with van der Waals surface area (Å²) in [5.41, 5.74) is 0. The molecule has 0 aromatic rings. The Morgan fingerprint density at radius 3 is 0.906 bits per heavy atom. The van der Waals surface area contributed by atoms with Crippen molar-refractivity contribution in [1.82, 2.24) is 5.32 Å². The maximum Gasteiger partial charge on any atom is 0.220 e. The van der Waals surface area contributed by atoms with E-state index in [1.807, 2.05) is 0 Å². The Morgan fingerprint density at radius 1 is 0.375 bits per heavy atom. The summed E-state index contributed by atoms with van der Waals surface area (Å²) in [6.45, 7) is 4.21. The molecule has 0 aliphatic rings. The summed E-state index contributed by atoms with van der Waals surface area (Å²) < 4.78 is 0. The second kappa shape index (κ2) is 54.7. The molecule has 0 aliphatic heterocycles. The van der Waals surface area contributed by atoms with Gasteiger partial charge in [0.1, 0.15) is 6.10 Å². The molecule has 0 rings (SSSR count). The van der Waals surface area contributed by atoms with Crippen LogP contribution in [0.25, 0.3) is 0 Å². The quantitative estimate of drug-likeness (QED) is 0.0362. The summed E-state index contributed by atoms with van der Waals surface area (Å²) in [5, 5.41) is 33.7. The highest BCUT2D eigenvalue weighted by Gasteiger charge is 2.26. The average molecular weight is 905 g/mol. The first-order valence-electron chi connectivity index (χ1n) is 29.5. The molecule has 3 atom stereocenters. The maximum atomic E-state index is 12.5. The molecule has 0 aromatic carbocycles. The number of carbonyl (C=O) groups is 1. The van der Waals surface area contributed by atoms with E-state index in [2.05, 4.69) is 31.3 Å². The topological polar surface area (TPSA) is 89.8 Å². The second-order valence-electron chi connectivity index (χ2n) is 20.6. The van der Waals surface area contributed by atoms with Gasteiger partial charge in [-0.1, -0.05) is 302 Å². The highest BCUT2D eigenvalue weighted by atomic mass is 16.3. The van der Waals surface area contributed by atoms with Crippen LogP contribution in [0.3, 0.4) is 0 Å². The van der Waals surface area contributed by atoms with E-state index < -0.39 is 18.2 Å². The Morgan fingerprint density at radius 2 is 0.625 bits per heavy atom. The molecule has 0 radical (unpaired) electrons. The van der Waals surface area contributed by atoms with Crippen LogP contribution in [0.5, 0.6) is 0 Å². The van der Waals surface area contributed by atoms with Crippen LogP contribution in [0, 0.1) is 0 Å². The third-order valence-corrected chi connectivity index (χ3v) is 14.1. The number of rotatable bonds is 55. The molecule has 0 heterocycles. The number of aliphatic hydroxyl groups is 3. The smallest absolute Gasteiger partial charge is 0.220 e. The van der Waals surface area contributed by atoms with E-state index in [0.29, 0.717) is 12.8 Å². The monoisotopic (exact) mass is 904 g/mol. The van der Waals surface area contributed by atoms with Crippen LogP contribution in [0.15, 0.2) is 12.2 Å². The van der Waals surface area contributed by atoms with Crippen molar-refractivity contribution in [3.8, 4) is 0 Å². The Bertz CT molecular complexity index is 909. The summed E-state index contributed by atoms with van der Waals surface area (Å²) >= 11 is 0. The predicted octanol–water partition coefficient (Wildman–Crippen LogP) is 18.3. The Labute approximate surface area is 401 Å². The minimum atomic E-state index is -1.13. The van der Waals surface area contributed by atoms with Gasteiger partial charge in [0, 0.05) is 6.42 Å². The van der Waals surface area contributed by atoms with Gasteiger partial charge in [0.05, 0.1) is 18.8 Å². The van der Waals surface area contributed by atoms with Crippen LogP contribution in [0.4, 0.5) is 0 Å². The first kappa shape index (κ1) is 63.1. The number of nitrogens with one attached hydrogen (secondary N) is 1. The molecule has 5 heteroatoms. The minimum absolute atomic E-state index is 0.139. The molecule has 4 N–H and O–H groups in total. The van der Waals surface area contributed by atoms with E-state index in [9.17, 15) is 20.1 Å². The van der Waals surface area contributed by atoms with E-state index in [1.54, 1.807) is 0 Å². The van der Waals surface area contributed by atoms with E-state index in [4.69, 9.17) is 0 Å². The Hall–Kier alpha value is -0.910. The van der Waals surface area contributed by atoms with Gasteiger partial charge in [-0.05, 0) is 38.5 Å². The lowest BCUT2D eigenvalue weighted by Crippen LogP contribution is -2.50. The van der Waals surface area contributed by atoms with Crippen molar-refractivity contribution >= 4 is 5.91 Å². The van der Waals surface area contributed by atoms with Gasteiger partial charge in [-0.2, -0.15) is 0 Å². The number of hydrogen-bond donors (Lipinski definition) is 4. The molecule has 1 amide bonds. The molecule has 0 aliphatic carbocycles. The lowest BCUT2D eigenvalue weighted by Gasteiger charge is -2.26. The molecule has 5 nitrogen and oxygen atoms in total. The molecule has 382 valence electrons. The fourth-order valence-electron chi connectivity index (χ4n) is 9.57. The molecule has 64 heavy (non-hydrogen) atoms. The minimum Gasteiger partial charge on any atom is -0.394 e. The Balaban J connectivity index is 3.42. The highest BCUT2D eigenvalue weighted by Crippen LogP contribution is 2.18. The fraction of sp³-hybridized carbons (Fsp3) is 0.949. The molecule has 0 fully saturated rings. The molecule has 0 bridgehead atoms. The second-order valence-corrected chi connectivity index (χ2v) is 20.6. The zero-order valence-electron chi connectivity index (χ0n) is 43.7. The van der Waals surface area contributed by atoms with E-state index in [0.717, 1.165) is 38.5 Å². The summed E-state index contributed by atoms with van der Waals surface area (Å²) in [7, 11) is 0. The van der Waals surface area contributed by atoms with Gasteiger partial charge in [-0.15, -0.1) is 0 Å². The summed E-state index contributed by atoms with van der Waals surface area (Å²) in [4.78, 5) is 12.5. The lowest BCUT2D eigenvalue weighted by atomic mass is 9.99. The van der Waals surface area contributed by atoms with Crippen molar-refractivity contribution in [3.05, 3.63) is 12.2 Å². The van der Waals surface area contributed by atoms with Gasteiger partial charge >= 0.3 is 0 Å². The summed E-state index contributed by atoms with van der Waals surface area (Å²) in [5.74, 6) is -0.139. The van der Waals surface area contributed by atoms with Crippen molar-refractivity contribution in [1.29, 1.82) is 0 Å². The number of amides is 1. The average Bonchev–Trinajstić information content (AvgIpc) is 3.30. The van der Waals surface area contributed by atoms with Crippen LogP contribution in [0.2, 0.25) is 0 Å². The normalized spacial score (nSPS) is 13.3. The van der Waals surface area contributed by atoms with E-state index in [-0.39, 0.29) is 12.5 Å². The number of hydrogen-bond acceptors (Lipinski definition) is 4. The van der Waals surface area contributed by atoms with Gasteiger partial charge in [0.25, 0.3) is 0 Å². The van der Waals surface area contributed by atoms with Crippen molar-refractivity contribution < 1.29 is 20.1 Å². The van der Waals surface area contributed by atoms with Gasteiger partial charge in [0.15, 0.2) is 0 Å². The fourth-order valence-corrected chi connectivity index (χ4v) is 9.57. The number of unbranched alkanes of at least 4 members (excludes halogenated alkanes) is 45. The largest absolute Gasteiger partial charge is 0.394 e. The molecular weight excluding hydrogens is 787 g/mol. The van der Waals surface area contributed by atoms with Crippen LogP contribution in [-0.4, -0.2) is 46.1 Å². The summed E-state index contributed by atoms with van der Waals surface area (Å²) in [6, 6.07) is -0.805. The van der Waals surface area contributed by atoms with Gasteiger partial charge in [-0.3, -0.25) is 4.79 Å². The predicted molar refractivity (Wildman–Crippen MR) is 282 cm³/mol. The van der Waals surface area contributed by atoms with Crippen LogP contribution in [0.1, 0.15) is 335 Å². The van der Waals surface area contributed by atoms with Crippen LogP contribution < -0.4 is 5.32 Å². The number of carbonyl (C=O) groups excluding carboxylic acids is 1. The van der Waals surface area contributed by atoms with Gasteiger partial charge < -0.3 is 20.6 Å². The lowest BCUT2D eigenvalue weighted by molar-refractivity contribution is -0.124. The first-order valence-corrected chi connectivity index (χ1v) is 29.5. The molecule has 0 spiro atoms. The highest BCUT2D eigenvalue weighted by molar-refractivity contribution is 5.76. The maximum absolute atomic E-state index is 12.5. The SMILES string of the molecule is CCCCCCCCCCCCCCCCCC/C=C\CCCCCCCCCCCCCCCCCCCC(=O)NC(CO)C(O)C(O)CCCCCCCCCCCCCCC. The molecular formula is C59H117NO4. The van der Waals surface area contributed by atoms with Crippen molar-refractivity contribution in [2.24, 2.45) is 0 Å². The zero-order valence-corrected chi connectivity index (χ0v) is 43.7. The Kier molecular flexibility index (Phi) is 53.9. The number of aliphatic hydroxyl groups excluding tert-OH is 3. The summed E-state index contributed by atoms with van der Waals surface area (Å²) in [6.07, 6.45) is 68.2. The van der Waals surface area contributed by atoms with Crippen molar-refractivity contribution in [2.75, 3.05) is 6.61 Å². The standard InChI is InChI=1S/C59H117NO4/c1-3-5-7-9-11-13-15-17-18-19-20-21-22-23-24-25-26-27-28-29-30-31-32-33-34-35-36-37-38-39-40-42-44-46-48-50-52-54-58(63)60-56(55-61)59(64)57(62)53-51-49-47-45-43-41-16-14-12-10-8-6-4-2/h27-28,56-57,59,61-62,64H,3-26,29-55H2,1-2H3,(H,60,63)/b28-27-. The van der Waals surface area contributed by atoms with Crippen molar-refractivity contribution in [2.45, 2.75) is 353 Å². The molecule has 3 unspecified atom stereocenters. The zero-order chi connectivity index (χ0) is 46.5. The van der Waals surface area contributed by atoms with E-state index >= 15 is 0 Å². The third-order valence-electron chi connectivity index (χ3n) is 14.1. The van der Waals surface area contributed by atoms with Crippen LogP contribution in [-0.2, 0) is 4.79 Å². The van der Waals surface area contributed by atoms with Gasteiger partial charge in [-0.25, -0.2) is 0 Å². The third kappa shape index (κ3) is 49.0. The van der Waals surface area contributed by atoms with Crippen molar-refractivity contribution in [3.63, 3.8) is 0 Å². The molecule has 0 aromatic heterocycles.